The molecule has 256 valence electrons. The number of carbonyl (C=O) groups is 2. The first-order valence-corrected chi connectivity index (χ1v) is 19.3. The fraction of sp³-hybridized carbons (Fsp3) is 0.273. The maximum atomic E-state index is 14.0. The monoisotopic (exact) mass is 700 g/mol. The van der Waals surface area contributed by atoms with Crippen molar-refractivity contribution < 1.29 is 19.1 Å². The van der Waals surface area contributed by atoms with Gasteiger partial charge in [0, 0.05) is 41.8 Å². The van der Waals surface area contributed by atoms with Crippen LogP contribution in [0.25, 0.3) is 0 Å². The molecule has 4 nitrogen and oxygen atoms in total. The third-order valence-electron chi connectivity index (χ3n) is 8.72. The van der Waals surface area contributed by atoms with Gasteiger partial charge in [-0.05, 0) is 98.5 Å². The number of hydrogen-bond acceptors (Lipinski definition) is 6. The molecule has 6 rings (SSSR count). The van der Waals surface area contributed by atoms with Crippen molar-refractivity contribution in [2.45, 2.75) is 98.0 Å². The SMILES string of the molecule is CCCCCCCCc1ccc(Sc2cccc3c2C(=O)c2cccc(Sc4ccc(OCc5ccc(OC(C)C)cc5)cc4)c2C3=O)cc1. The van der Waals surface area contributed by atoms with E-state index in [0.29, 0.717) is 28.9 Å². The van der Waals surface area contributed by atoms with Gasteiger partial charge in [-0.3, -0.25) is 9.59 Å². The van der Waals surface area contributed by atoms with E-state index < -0.39 is 0 Å². The molecule has 0 amide bonds. The van der Waals surface area contributed by atoms with Gasteiger partial charge in [0.2, 0.25) is 0 Å². The van der Waals surface area contributed by atoms with Gasteiger partial charge in [-0.2, -0.15) is 0 Å². The fourth-order valence-electron chi connectivity index (χ4n) is 6.14. The van der Waals surface area contributed by atoms with Gasteiger partial charge >= 0.3 is 0 Å². The largest absolute Gasteiger partial charge is 0.491 e. The number of hydrogen-bond donors (Lipinski definition) is 0. The van der Waals surface area contributed by atoms with E-state index in [2.05, 4.69) is 31.2 Å². The second kappa shape index (κ2) is 17.1. The third-order valence-corrected chi connectivity index (χ3v) is 10.9. The normalized spacial score (nSPS) is 12.2. The third kappa shape index (κ3) is 8.90. The van der Waals surface area contributed by atoms with Crippen LogP contribution in [0, 0.1) is 0 Å². The molecule has 5 aromatic rings. The molecule has 0 heterocycles. The summed E-state index contributed by atoms with van der Waals surface area (Å²) >= 11 is 3.03. The molecule has 6 heteroatoms. The zero-order chi connectivity index (χ0) is 34.9. The number of rotatable bonds is 16. The highest BCUT2D eigenvalue weighted by Crippen LogP contribution is 2.41. The highest BCUT2D eigenvalue weighted by atomic mass is 32.2. The van der Waals surface area contributed by atoms with Crippen LogP contribution in [0.4, 0.5) is 0 Å². The van der Waals surface area contributed by atoms with Gasteiger partial charge < -0.3 is 9.47 Å². The van der Waals surface area contributed by atoms with Crippen LogP contribution >= 0.6 is 23.5 Å². The predicted molar refractivity (Wildman–Crippen MR) is 204 cm³/mol. The second-order valence-corrected chi connectivity index (χ2v) is 15.2. The molecule has 0 aliphatic heterocycles. The minimum Gasteiger partial charge on any atom is -0.491 e. The quantitative estimate of drug-likeness (QED) is 0.0937. The smallest absolute Gasteiger partial charge is 0.195 e. The molecular weight excluding hydrogens is 657 g/mol. The summed E-state index contributed by atoms with van der Waals surface area (Å²) in [7, 11) is 0. The summed E-state index contributed by atoms with van der Waals surface area (Å²) in [5.41, 5.74) is 4.29. The van der Waals surface area contributed by atoms with Gasteiger partial charge in [0.25, 0.3) is 0 Å². The van der Waals surface area contributed by atoms with Crippen molar-refractivity contribution in [3.63, 3.8) is 0 Å². The molecule has 0 N–H and O–H groups in total. The van der Waals surface area contributed by atoms with Gasteiger partial charge in [0.1, 0.15) is 18.1 Å². The first-order valence-electron chi connectivity index (χ1n) is 17.7. The van der Waals surface area contributed by atoms with Gasteiger partial charge in [-0.15, -0.1) is 0 Å². The number of benzene rings is 5. The van der Waals surface area contributed by atoms with Gasteiger partial charge in [0.15, 0.2) is 11.6 Å². The van der Waals surface area contributed by atoms with Crippen molar-refractivity contribution in [2.24, 2.45) is 0 Å². The molecule has 1 aliphatic carbocycles. The van der Waals surface area contributed by atoms with Gasteiger partial charge in [0.05, 0.1) is 6.10 Å². The van der Waals surface area contributed by atoms with E-state index in [4.69, 9.17) is 9.47 Å². The van der Waals surface area contributed by atoms with Crippen molar-refractivity contribution in [1.29, 1.82) is 0 Å². The topological polar surface area (TPSA) is 52.6 Å². The van der Waals surface area contributed by atoms with Crippen molar-refractivity contribution in [3.05, 3.63) is 143 Å². The molecule has 0 unspecified atom stereocenters. The molecule has 0 saturated carbocycles. The van der Waals surface area contributed by atoms with Crippen LogP contribution in [-0.2, 0) is 13.0 Å². The zero-order valence-electron chi connectivity index (χ0n) is 29.1. The van der Waals surface area contributed by atoms with E-state index in [9.17, 15) is 9.59 Å². The first kappa shape index (κ1) is 35.6. The Hall–Kier alpha value is -4.26. The number of ketones is 2. The van der Waals surface area contributed by atoms with Gasteiger partial charge in [-0.25, -0.2) is 0 Å². The van der Waals surface area contributed by atoms with Crippen LogP contribution in [0.2, 0.25) is 0 Å². The Morgan fingerprint density at radius 1 is 0.560 bits per heavy atom. The molecule has 0 atom stereocenters. The van der Waals surface area contributed by atoms with Crippen LogP contribution in [-0.4, -0.2) is 17.7 Å². The number of unbranched alkanes of at least 4 members (excludes halogenated alkanes) is 5. The van der Waals surface area contributed by atoms with Crippen molar-refractivity contribution in [3.8, 4) is 11.5 Å². The first-order chi connectivity index (χ1) is 24.4. The summed E-state index contributed by atoms with van der Waals surface area (Å²) in [5, 5.41) is 0. The standard InChI is InChI=1S/C44H44O4S2/c1-4-5-6-7-8-9-12-31-19-25-35(26-20-31)49-39-15-10-13-37-41(39)43(45)38-14-11-16-40(42(38)44(37)46)50-36-27-23-33(24-28-36)47-29-32-17-21-34(22-18-32)48-30(2)3/h10-11,13-28,30H,4-9,12,29H2,1-3H3. The Morgan fingerprint density at radius 2 is 1.06 bits per heavy atom. The van der Waals surface area contributed by atoms with Crippen LogP contribution in [0.1, 0.15) is 102 Å². The minimum atomic E-state index is -0.112. The van der Waals surface area contributed by atoms with Crippen LogP contribution < -0.4 is 9.47 Å². The Balaban J connectivity index is 1.11. The summed E-state index contributed by atoms with van der Waals surface area (Å²) in [6, 6.07) is 35.6. The Morgan fingerprint density at radius 3 is 1.62 bits per heavy atom. The lowest BCUT2D eigenvalue weighted by Gasteiger charge is -2.22. The molecule has 0 spiro atoms. The molecule has 0 bridgehead atoms. The average Bonchev–Trinajstić information content (AvgIpc) is 3.13. The second-order valence-electron chi connectivity index (χ2n) is 13.0. The van der Waals surface area contributed by atoms with E-state index in [1.165, 1.54) is 55.9 Å². The number of fused-ring (bicyclic) bond motifs is 2. The lowest BCUT2D eigenvalue weighted by atomic mass is 9.84. The van der Waals surface area contributed by atoms with Crippen LogP contribution in [0.3, 0.4) is 0 Å². The number of carbonyl (C=O) groups excluding carboxylic acids is 2. The molecule has 1 aliphatic rings. The molecule has 0 saturated heterocycles. The summed E-state index contributed by atoms with van der Waals surface area (Å²) < 4.78 is 11.7. The lowest BCUT2D eigenvalue weighted by Crippen LogP contribution is -2.22. The summed E-state index contributed by atoms with van der Waals surface area (Å²) in [4.78, 5) is 31.7. The van der Waals surface area contributed by atoms with E-state index in [-0.39, 0.29) is 17.7 Å². The van der Waals surface area contributed by atoms with E-state index >= 15 is 0 Å². The van der Waals surface area contributed by atoms with Crippen LogP contribution in [0.5, 0.6) is 11.5 Å². The summed E-state index contributed by atoms with van der Waals surface area (Å²) in [6.45, 7) is 6.71. The predicted octanol–water partition coefficient (Wildman–Crippen LogP) is 12.0. The van der Waals surface area contributed by atoms with Crippen LogP contribution in [0.15, 0.2) is 129 Å². The average molecular weight is 701 g/mol. The minimum absolute atomic E-state index is 0.104. The lowest BCUT2D eigenvalue weighted by molar-refractivity contribution is 0.0974. The maximum Gasteiger partial charge on any atom is 0.195 e. The van der Waals surface area contributed by atoms with Gasteiger partial charge in [-0.1, -0.05) is 111 Å². The molecule has 0 aromatic heterocycles. The highest BCUT2D eigenvalue weighted by Gasteiger charge is 2.33. The Labute approximate surface area is 305 Å². The zero-order valence-corrected chi connectivity index (χ0v) is 30.7. The summed E-state index contributed by atoms with van der Waals surface area (Å²) in [6.07, 6.45) is 8.95. The number of ether oxygens (including phenoxy) is 2. The molecule has 5 aromatic carbocycles. The summed E-state index contributed by atoms with van der Waals surface area (Å²) in [5.74, 6) is 1.38. The Kier molecular flexibility index (Phi) is 12.2. The molecule has 50 heavy (non-hydrogen) atoms. The number of aryl methyl sites for hydroxylation is 1. The van der Waals surface area contributed by atoms with E-state index in [0.717, 1.165) is 43.1 Å². The molecule has 0 radical (unpaired) electrons. The van der Waals surface area contributed by atoms with E-state index in [1.807, 2.05) is 86.6 Å². The highest BCUT2D eigenvalue weighted by molar-refractivity contribution is 7.99. The Bertz CT molecular complexity index is 1910. The van der Waals surface area contributed by atoms with Crippen molar-refractivity contribution in [1.82, 2.24) is 0 Å². The fourth-order valence-corrected chi connectivity index (χ4v) is 8.10. The van der Waals surface area contributed by atoms with Crippen molar-refractivity contribution >= 4 is 35.1 Å². The molecule has 0 fully saturated rings. The maximum absolute atomic E-state index is 14.0. The van der Waals surface area contributed by atoms with E-state index in [1.54, 1.807) is 23.9 Å². The molecular formula is C44H44O4S2. The van der Waals surface area contributed by atoms with Crippen molar-refractivity contribution in [2.75, 3.05) is 0 Å².